The van der Waals surface area contributed by atoms with E-state index < -0.39 is 0 Å². The Morgan fingerprint density at radius 1 is 1.03 bits per heavy atom. The lowest BCUT2D eigenvalue weighted by molar-refractivity contribution is 0.101. The summed E-state index contributed by atoms with van der Waals surface area (Å²) < 4.78 is 8.33. The average molecular weight is 502 g/mol. The summed E-state index contributed by atoms with van der Waals surface area (Å²) in [6.07, 6.45) is 1.77. The summed E-state index contributed by atoms with van der Waals surface area (Å²) in [5.74, 6) is 0.469. The van der Waals surface area contributed by atoms with E-state index >= 15 is 0 Å². The van der Waals surface area contributed by atoms with Gasteiger partial charge in [0.25, 0.3) is 5.82 Å². The van der Waals surface area contributed by atoms with Crippen molar-refractivity contribution in [3.8, 4) is 0 Å². The summed E-state index contributed by atoms with van der Waals surface area (Å²) >= 11 is 0. The van der Waals surface area contributed by atoms with Crippen LogP contribution >= 0.6 is 0 Å². The van der Waals surface area contributed by atoms with Crippen molar-refractivity contribution < 1.29 is 4.42 Å². The number of hydrogen-bond acceptors (Lipinski definition) is 7. The second kappa shape index (κ2) is 9.48. The maximum Gasteiger partial charge on any atom is 0.419 e. The van der Waals surface area contributed by atoms with Crippen LogP contribution in [0.3, 0.4) is 0 Å². The summed E-state index contributed by atoms with van der Waals surface area (Å²) in [6, 6.07) is 9.76. The molecule has 192 valence electrons. The normalized spacial score (nSPS) is 19.4. The molecule has 0 radical (unpaired) electrons. The first-order valence-corrected chi connectivity index (χ1v) is 12.6. The molecule has 1 unspecified atom stereocenters. The maximum absolute atomic E-state index is 12.8. The number of aryl methyl sites for hydroxylation is 2. The molecule has 1 saturated heterocycles. The van der Waals surface area contributed by atoms with Gasteiger partial charge in [-0.3, -0.25) is 14.0 Å². The molecule has 1 aliphatic rings. The molecule has 10 nitrogen and oxygen atoms in total. The van der Waals surface area contributed by atoms with Crippen molar-refractivity contribution in [2.24, 2.45) is 14.1 Å². The number of hydrogen-bond donors (Lipinski definition) is 0. The molecule has 5 rings (SSSR count). The van der Waals surface area contributed by atoms with E-state index in [-0.39, 0.29) is 35.4 Å². The van der Waals surface area contributed by atoms with Crippen LogP contribution in [0, 0.1) is 6.57 Å². The van der Waals surface area contributed by atoms with Gasteiger partial charge in [0.05, 0.1) is 11.0 Å². The molecule has 1 aromatic carbocycles. The Labute approximate surface area is 214 Å². The van der Waals surface area contributed by atoms with Gasteiger partial charge in [0, 0.05) is 45.3 Å². The molecule has 0 amide bonds. The van der Waals surface area contributed by atoms with Crippen LogP contribution in [0.1, 0.15) is 45.2 Å². The number of pyridine rings is 1. The molecule has 1 fully saturated rings. The van der Waals surface area contributed by atoms with Crippen molar-refractivity contribution in [1.29, 1.82) is 0 Å². The fraction of sp³-hybridized carbons (Fsp3) is 0.444. The molecule has 0 N–H and O–H groups in total. The zero-order chi connectivity index (χ0) is 26.4. The summed E-state index contributed by atoms with van der Waals surface area (Å²) in [6.45, 7) is 15.4. The quantitative estimate of drug-likeness (QED) is 0.384. The van der Waals surface area contributed by atoms with Gasteiger partial charge in [0.15, 0.2) is 11.4 Å². The number of rotatable bonds is 5. The Hall–Kier alpha value is -3.97. The summed E-state index contributed by atoms with van der Waals surface area (Å²) in [4.78, 5) is 42.0. The molecule has 1 aliphatic heterocycles. The molecule has 0 aliphatic carbocycles. The van der Waals surface area contributed by atoms with E-state index in [1.165, 1.54) is 9.13 Å². The Morgan fingerprint density at radius 2 is 1.78 bits per heavy atom. The Morgan fingerprint density at radius 3 is 2.49 bits per heavy atom. The van der Waals surface area contributed by atoms with Crippen LogP contribution in [0.4, 0.5) is 11.6 Å². The third-order valence-electron chi connectivity index (χ3n) is 7.78. The highest BCUT2D eigenvalue weighted by molar-refractivity contribution is 5.87. The molecule has 3 aromatic heterocycles. The van der Waals surface area contributed by atoms with Crippen molar-refractivity contribution in [2.45, 2.75) is 51.7 Å². The van der Waals surface area contributed by atoms with Gasteiger partial charge in [-0.1, -0.05) is 26.5 Å². The summed E-state index contributed by atoms with van der Waals surface area (Å²) in [5, 5.41) is 0. The topological polar surface area (TPSA) is 93.8 Å². The molecule has 0 saturated carbocycles. The fourth-order valence-electron chi connectivity index (χ4n) is 5.47. The van der Waals surface area contributed by atoms with Gasteiger partial charge in [-0.15, -0.1) is 4.98 Å². The van der Waals surface area contributed by atoms with E-state index in [0.717, 1.165) is 30.5 Å². The van der Waals surface area contributed by atoms with Crippen LogP contribution in [0.15, 0.2) is 44.3 Å². The van der Waals surface area contributed by atoms with Gasteiger partial charge < -0.3 is 14.2 Å². The van der Waals surface area contributed by atoms with Crippen LogP contribution < -0.4 is 16.3 Å². The van der Waals surface area contributed by atoms with E-state index in [9.17, 15) is 9.59 Å². The second-order valence-electron chi connectivity index (χ2n) is 9.73. The number of benzene rings is 1. The van der Waals surface area contributed by atoms with Crippen molar-refractivity contribution in [2.75, 3.05) is 18.0 Å². The molecule has 4 aromatic rings. The van der Waals surface area contributed by atoms with Crippen LogP contribution in [-0.4, -0.2) is 49.2 Å². The van der Waals surface area contributed by atoms with E-state index in [0.29, 0.717) is 29.0 Å². The zero-order valence-corrected chi connectivity index (χ0v) is 21.8. The minimum absolute atomic E-state index is 0.105. The summed E-state index contributed by atoms with van der Waals surface area (Å²) in [5.41, 5.74) is 3.40. The van der Waals surface area contributed by atoms with Gasteiger partial charge in [-0.05, 0) is 49.6 Å². The predicted octanol–water partition coefficient (Wildman–Crippen LogP) is 3.76. The molecular formula is C27H31N7O3. The maximum atomic E-state index is 12.8. The highest BCUT2D eigenvalue weighted by atomic mass is 16.4. The van der Waals surface area contributed by atoms with Crippen molar-refractivity contribution in [3.05, 3.63) is 68.3 Å². The molecule has 0 bridgehead atoms. The van der Waals surface area contributed by atoms with Gasteiger partial charge in [-0.25, -0.2) is 9.59 Å². The van der Waals surface area contributed by atoms with Crippen molar-refractivity contribution >= 4 is 33.8 Å². The number of nitrogens with zero attached hydrogens (tertiary/aromatic N) is 7. The van der Waals surface area contributed by atoms with E-state index in [1.54, 1.807) is 26.2 Å². The highest BCUT2D eigenvalue weighted by Gasteiger charge is 2.37. The van der Waals surface area contributed by atoms with Crippen LogP contribution in [0.5, 0.6) is 0 Å². The van der Waals surface area contributed by atoms with Crippen molar-refractivity contribution in [3.63, 3.8) is 0 Å². The SMILES string of the molecule is [C-]#[N+]c1ccc2c(n1)c(N1C[C@@H](CC)N(C(C)c3ccc4oc(=O)n(C)c4c3)C[C@@H]1CC)nc(=O)n2C. The first-order chi connectivity index (χ1) is 17.8. The lowest BCUT2D eigenvalue weighted by atomic mass is 9.97. The molecule has 0 spiro atoms. The first-order valence-electron chi connectivity index (χ1n) is 12.6. The molecule has 10 heteroatoms. The van der Waals surface area contributed by atoms with Crippen molar-refractivity contribution in [1.82, 2.24) is 24.0 Å². The standard InChI is InChI=1S/C27H31N7O3/c1-7-18-15-34(25-24-20(31(5)26(35)30-25)10-12-23(28-4)29-24)19(8-2)14-33(18)16(3)17-9-11-22-21(13-17)32(6)27(36)37-22/h9-13,16,18-19H,7-8,14-15H2,1-3,5-6H3/t16?,18-,19+/m1/s1. The largest absolute Gasteiger partial charge is 0.419 e. The van der Waals surface area contributed by atoms with Crippen LogP contribution in [0.25, 0.3) is 27.0 Å². The Kier molecular flexibility index (Phi) is 6.33. The highest BCUT2D eigenvalue weighted by Crippen LogP contribution is 2.34. The summed E-state index contributed by atoms with van der Waals surface area (Å²) in [7, 11) is 3.40. The monoisotopic (exact) mass is 501 g/mol. The third-order valence-corrected chi connectivity index (χ3v) is 7.78. The minimum atomic E-state index is -0.366. The van der Waals surface area contributed by atoms with E-state index in [2.05, 4.69) is 45.4 Å². The lowest BCUT2D eigenvalue weighted by Gasteiger charge is -2.49. The smallest absolute Gasteiger partial charge is 0.408 e. The Bertz CT molecular complexity index is 1640. The second-order valence-corrected chi connectivity index (χ2v) is 9.73. The first kappa shape index (κ1) is 24.7. The number of piperazine rings is 1. The van der Waals surface area contributed by atoms with Gasteiger partial charge >= 0.3 is 11.4 Å². The third kappa shape index (κ3) is 4.09. The van der Waals surface area contributed by atoms with Gasteiger partial charge in [0.2, 0.25) is 5.52 Å². The fourth-order valence-corrected chi connectivity index (χ4v) is 5.47. The van der Waals surface area contributed by atoms with Crippen LogP contribution in [-0.2, 0) is 14.1 Å². The number of anilines is 1. The van der Waals surface area contributed by atoms with Gasteiger partial charge in [0.1, 0.15) is 0 Å². The predicted molar refractivity (Wildman–Crippen MR) is 143 cm³/mol. The molecular weight excluding hydrogens is 470 g/mol. The van der Waals surface area contributed by atoms with E-state index in [1.807, 2.05) is 18.2 Å². The molecule has 3 atom stereocenters. The molecule has 37 heavy (non-hydrogen) atoms. The zero-order valence-electron chi connectivity index (χ0n) is 21.8. The van der Waals surface area contributed by atoms with Crippen LogP contribution in [0.2, 0.25) is 0 Å². The number of fused-ring (bicyclic) bond motifs is 2. The molecule has 4 heterocycles. The number of oxazole rings is 1. The average Bonchev–Trinajstić information content (AvgIpc) is 3.21. The lowest BCUT2D eigenvalue weighted by Crippen LogP contribution is -2.59. The van der Waals surface area contributed by atoms with E-state index in [4.69, 9.17) is 11.0 Å². The van der Waals surface area contributed by atoms with Gasteiger partial charge in [-0.2, -0.15) is 4.98 Å². The minimum Gasteiger partial charge on any atom is -0.408 e. The Balaban J connectivity index is 1.54. The number of aromatic nitrogens is 4.